The van der Waals surface area contributed by atoms with Crippen LogP contribution < -0.4 is 0 Å². The van der Waals surface area contributed by atoms with Gasteiger partial charge in [-0.2, -0.15) is 4.73 Å². The lowest BCUT2D eigenvalue weighted by Crippen LogP contribution is -2.07. The molecule has 0 unspecified atom stereocenters. The second-order valence-electron chi connectivity index (χ2n) is 4.85. The number of carbonyl (C=O) groups excluding carboxylic acids is 1. The van der Waals surface area contributed by atoms with Crippen molar-refractivity contribution in [1.29, 1.82) is 0 Å². The van der Waals surface area contributed by atoms with E-state index in [4.69, 9.17) is 4.74 Å². The third kappa shape index (κ3) is 2.36. The molecule has 0 aliphatic heterocycles. The van der Waals surface area contributed by atoms with Gasteiger partial charge in [-0.05, 0) is 18.6 Å². The Morgan fingerprint density at radius 2 is 1.76 bits per heavy atom. The van der Waals surface area contributed by atoms with Gasteiger partial charge >= 0.3 is 5.97 Å². The van der Waals surface area contributed by atoms with Crippen molar-refractivity contribution in [3.05, 3.63) is 71.4 Å². The number of aromatic nitrogens is 1. The minimum Gasteiger partial charge on any atom is -0.457 e. The van der Waals surface area contributed by atoms with Crippen LogP contribution in [-0.2, 0) is 11.3 Å². The van der Waals surface area contributed by atoms with E-state index < -0.39 is 5.97 Å². The van der Waals surface area contributed by atoms with Crippen molar-refractivity contribution in [3.8, 4) is 0 Å². The van der Waals surface area contributed by atoms with Gasteiger partial charge in [-0.25, -0.2) is 4.79 Å². The first kappa shape index (κ1) is 13.2. The molecule has 106 valence electrons. The van der Waals surface area contributed by atoms with Crippen LogP contribution in [0.25, 0.3) is 10.9 Å². The molecule has 0 aliphatic carbocycles. The molecule has 0 saturated carbocycles. The molecule has 2 aromatic carbocycles. The van der Waals surface area contributed by atoms with Gasteiger partial charge in [0.1, 0.15) is 6.61 Å². The maximum absolute atomic E-state index is 12.3. The van der Waals surface area contributed by atoms with Crippen LogP contribution in [0.4, 0.5) is 0 Å². The molecule has 1 heterocycles. The van der Waals surface area contributed by atoms with Crippen LogP contribution in [0.2, 0.25) is 0 Å². The van der Waals surface area contributed by atoms with Crippen molar-refractivity contribution < 1.29 is 14.7 Å². The molecular formula is C17H15NO3. The lowest BCUT2D eigenvalue weighted by Gasteiger charge is -2.05. The van der Waals surface area contributed by atoms with Crippen LogP contribution in [0.5, 0.6) is 0 Å². The summed E-state index contributed by atoms with van der Waals surface area (Å²) in [6.07, 6.45) is 0. The molecular weight excluding hydrogens is 266 g/mol. The number of fused-ring (bicyclic) bond motifs is 1. The number of carbonyl (C=O) groups is 1. The monoisotopic (exact) mass is 281 g/mol. The summed E-state index contributed by atoms with van der Waals surface area (Å²) in [6, 6.07) is 16.7. The van der Waals surface area contributed by atoms with Crippen molar-refractivity contribution in [2.45, 2.75) is 13.5 Å². The Morgan fingerprint density at radius 3 is 2.52 bits per heavy atom. The van der Waals surface area contributed by atoms with Crippen LogP contribution in [0, 0.1) is 6.92 Å². The Bertz CT molecular complexity index is 790. The first-order valence-corrected chi connectivity index (χ1v) is 6.69. The normalized spacial score (nSPS) is 10.7. The van der Waals surface area contributed by atoms with Crippen LogP contribution >= 0.6 is 0 Å². The molecule has 3 aromatic rings. The van der Waals surface area contributed by atoms with Gasteiger partial charge < -0.3 is 9.94 Å². The fourth-order valence-corrected chi connectivity index (χ4v) is 2.40. The summed E-state index contributed by atoms with van der Waals surface area (Å²) >= 11 is 0. The Kier molecular flexibility index (Phi) is 3.36. The van der Waals surface area contributed by atoms with Crippen LogP contribution in [0.15, 0.2) is 54.6 Å². The van der Waals surface area contributed by atoms with Gasteiger partial charge in [-0.15, -0.1) is 0 Å². The van der Waals surface area contributed by atoms with Crippen molar-refractivity contribution in [2.24, 2.45) is 0 Å². The highest BCUT2D eigenvalue weighted by atomic mass is 16.5. The first-order chi connectivity index (χ1) is 10.2. The number of rotatable bonds is 3. The van der Waals surface area contributed by atoms with Crippen LogP contribution in [-0.4, -0.2) is 15.9 Å². The average Bonchev–Trinajstić information content (AvgIpc) is 2.78. The van der Waals surface area contributed by atoms with Crippen molar-refractivity contribution in [2.75, 3.05) is 0 Å². The van der Waals surface area contributed by atoms with Gasteiger partial charge in [0, 0.05) is 5.39 Å². The molecule has 1 N–H and O–H groups in total. The zero-order valence-electron chi connectivity index (χ0n) is 11.6. The van der Waals surface area contributed by atoms with E-state index in [-0.39, 0.29) is 6.61 Å². The van der Waals surface area contributed by atoms with Gasteiger partial charge in [0.25, 0.3) is 0 Å². The molecule has 0 aliphatic rings. The molecule has 3 rings (SSSR count). The second-order valence-corrected chi connectivity index (χ2v) is 4.85. The van der Waals surface area contributed by atoms with Crippen molar-refractivity contribution in [1.82, 2.24) is 4.73 Å². The molecule has 4 nitrogen and oxygen atoms in total. The highest BCUT2D eigenvalue weighted by Gasteiger charge is 2.20. The standard InChI is InChI=1S/C17H15NO3/c1-12-16(14-9-5-6-10-15(14)18(12)20)17(19)21-11-13-7-3-2-4-8-13/h2-10,20H,11H2,1H3. The molecule has 0 bridgehead atoms. The lowest BCUT2D eigenvalue weighted by molar-refractivity contribution is 0.0471. The van der Waals surface area contributed by atoms with E-state index in [2.05, 4.69) is 0 Å². The predicted molar refractivity (Wildman–Crippen MR) is 79.4 cm³/mol. The van der Waals surface area contributed by atoms with Gasteiger partial charge in [0.05, 0.1) is 16.8 Å². The van der Waals surface area contributed by atoms with Crippen LogP contribution in [0.1, 0.15) is 21.6 Å². The third-order valence-electron chi connectivity index (χ3n) is 3.50. The SMILES string of the molecule is Cc1c(C(=O)OCc2ccccc2)c2ccccc2n1O. The summed E-state index contributed by atoms with van der Waals surface area (Å²) in [6.45, 7) is 1.91. The number of hydrogen-bond donors (Lipinski definition) is 1. The predicted octanol–water partition coefficient (Wildman–Crippen LogP) is 3.54. The van der Waals surface area contributed by atoms with E-state index in [9.17, 15) is 10.0 Å². The molecule has 1 aromatic heterocycles. The Hall–Kier alpha value is -2.75. The van der Waals surface area contributed by atoms with Gasteiger partial charge in [0.2, 0.25) is 0 Å². The molecule has 0 radical (unpaired) electrons. The topological polar surface area (TPSA) is 51.5 Å². The van der Waals surface area contributed by atoms with E-state index >= 15 is 0 Å². The molecule has 0 saturated heterocycles. The maximum Gasteiger partial charge on any atom is 0.341 e. The zero-order valence-corrected chi connectivity index (χ0v) is 11.6. The number of benzene rings is 2. The summed E-state index contributed by atoms with van der Waals surface area (Å²) < 4.78 is 6.38. The number of esters is 1. The van der Waals surface area contributed by atoms with E-state index in [1.165, 1.54) is 0 Å². The summed E-state index contributed by atoms with van der Waals surface area (Å²) in [5.41, 5.74) is 2.41. The molecule has 0 amide bonds. The molecule has 0 fully saturated rings. The summed E-state index contributed by atoms with van der Waals surface area (Å²) in [5, 5.41) is 10.7. The van der Waals surface area contributed by atoms with Crippen molar-refractivity contribution in [3.63, 3.8) is 0 Å². The molecule has 21 heavy (non-hydrogen) atoms. The largest absolute Gasteiger partial charge is 0.457 e. The summed E-state index contributed by atoms with van der Waals surface area (Å²) in [7, 11) is 0. The fourth-order valence-electron chi connectivity index (χ4n) is 2.40. The van der Waals surface area contributed by atoms with E-state index in [0.29, 0.717) is 22.2 Å². The Labute approximate surface area is 122 Å². The molecule has 0 atom stereocenters. The fraction of sp³-hybridized carbons (Fsp3) is 0.118. The van der Waals surface area contributed by atoms with Crippen molar-refractivity contribution >= 4 is 16.9 Å². The first-order valence-electron chi connectivity index (χ1n) is 6.69. The Balaban J connectivity index is 1.90. The van der Waals surface area contributed by atoms with Gasteiger partial charge in [-0.1, -0.05) is 48.5 Å². The molecule has 0 spiro atoms. The summed E-state index contributed by atoms with van der Waals surface area (Å²) in [4.78, 5) is 12.3. The third-order valence-corrected chi connectivity index (χ3v) is 3.50. The highest BCUT2D eigenvalue weighted by Crippen LogP contribution is 2.25. The second kappa shape index (κ2) is 5.32. The zero-order chi connectivity index (χ0) is 14.8. The number of ether oxygens (including phenoxy) is 1. The maximum atomic E-state index is 12.3. The quantitative estimate of drug-likeness (QED) is 0.590. The van der Waals surface area contributed by atoms with Crippen LogP contribution in [0.3, 0.4) is 0 Å². The van der Waals surface area contributed by atoms with E-state index in [0.717, 1.165) is 10.3 Å². The number of hydrogen-bond acceptors (Lipinski definition) is 3. The molecule has 4 heteroatoms. The number of nitrogens with zero attached hydrogens (tertiary/aromatic N) is 1. The van der Waals surface area contributed by atoms with Gasteiger partial charge in [-0.3, -0.25) is 0 Å². The minimum absolute atomic E-state index is 0.212. The van der Waals surface area contributed by atoms with E-state index in [1.54, 1.807) is 19.1 Å². The highest BCUT2D eigenvalue weighted by molar-refractivity contribution is 6.05. The smallest absolute Gasteiger partial charge is 0.341 e. The van der Waals surface area contributed by atoms with Gasteiger partial charge in [0.15, 0.2) is 0 Å². The minimum atomic E-state index is -0.430. The Morgan fingerprint density at radius 1 is 1.10 bits per heavy atom. The summed E-state index contributed by atoms with van der Waals surface area (Å²) in [5.74, 6) is -0.430. The van der Waals surface area contributed by atoms with E-state index in [1.807, 2.05) is 42.5 Å². The average molecular weight is 281 g/mol. The number of para-hydroxylation sites is 1. The lowest BCUT2D eigenvalue weighted by atomic mass is 10.1.